The van der Waals surface area contributed by atoms with Gasteiger partial charge in [0.15, 0.2) is 0 Å². The molecule has 4 aliphatic heterocycles. The predicted molar refractivity (Wildman–Crippen MR) is 220 cm³/mol. The number of hydrogen-bond acceptors (Lipinski definition) is 6. The molecular weight excluding hydrogens is 667 g/mol. The van der Waals surface area contributed by atoms with Crippen molar-refractivity contribution in [2.45, 2.75) is 70.3 Å². The Morgan fingerprint density at radius 2 is 1.39 bits per heavy atom. The van der Waals surface area contributed by atoms with Gasteiger partial charge in [0, 0.05) is 93.8 Å². The number of hydrogen-bond donors (Lipinski definition) is 2. The van der Waals surface area contributed by atoms with Crippen LogP contribution in [0.2, 0.25) is 0 Å². The van der Waals surface area contributed by atoms with E-state index in [1.54, 1.807) is 0 Å². The monoisotopic (exact) mass is 721 g/mol. The Kier molecular flexibility index (Phi) is 10.9. The van der Waals surface area contributed by atoms with E-state index in [1.165, 1.54) is 82.5 Å². The van der Waals surface area contributed by atoms with Crippen molar-refractivity contribution in [2.24, 2.45) is 5.92 Å². The highest BCUT2D eigenvalue weighted by atomic mass is 16.2. The van der Waals surface area contributed by atoms with Gasteiger partial charge >= 0.3 is 0 Å². The fraction of sp³-hybridized carbons (Fsp3) is 0.404. The Bertz CT molecular complexity index is 1940. The molecule has 0 saturated carbocycles. The maximum Gasteiger partial charge on any atom is 0.226 e. The summed E-state index contributed by atoms with van der Waals surface area (Å²) in [4.78, 5) is 28.6. The molecule has 0 radical (unpaired) electrons. The number of amides is 2. The van der Waals surface area contributed by atoms with Gasteiger partial charge in [-0.15, -0.1) is 0 Å². The highest BCUT2D eigenvalue weighted by molar-refractivity contribution is 5.97. The van der Waals surface area contributed by atoms with Crippen LogP contribution in [-0.2, 0) is 22.6 Å². The van der Waals surface area contributed by atoms with Crippen molar-refractivity contribution in [2.75, 3.05) is 55.6 Å². The number of benzene rings is 4. The van der Waals surface area contributed by atoms with Gasteiger partial charge in [0.1, 0.15) is 0 Å². The minimum absolute atomic E-state index is 0.138. The highest BCUT2D eigenvalue weighted by Crippen LogP contribution is 2.46. The molecule has 7 nitrogen and oxygen atoms in total. The SMILES string of the molecule is C=C1NCc2cc(N3CCN(CC4CCN(c5ccc(C6c7ccc(C)cc7CCC6c6ccccc6)cc5)CC4)CC3)ccc21.O=C1CCCC(=O)N1. The molecule has 0 aromatic heterocycles. The second-order valence-electron chi connectivity index (χ2n) is 16.0. The zero-order valence-electron chi connectivity index (χ0n) is 31.9. The Labute approximate surface area is 321 Å². The first-order chi connectivity index (χ1) is 26.4. The van der Waals surface area contributed by atoms with Crippen LogP contribution in [0.1, 0.15) is 89.3 Å². The van der Waals surface area contributed by atoms with E-state index in [0.29, 0.717) is 31.1 Å². The lowest BCUT2D eigenvalue weighted by atomic mass is 9.69. The summed E-state index contributed by atoms with van der Waals surface area (Å²) in [5.41, 5.74) is 13.9. The number of nitrogens with one attached hydrogen (secondary N) is 2. The minimum Gasteiger partial charge on any atom is -0.381 e. The van der Waals surface area contributed by atoms with E-state index in [2.05, 4.69) is 130 Å². The molecule has 0 spiro atoms. The van der Waals surface area contributed by atoms with Crippen LogP contribution in [0.15, 0.2) is 97.6 Å². The lowest BCUT2D eigenvalue weighted by Gasteiger charge is -2.40. The van der Waals surface area contributed by atoms with Gasteiger partial charge in [-0.2, -0.15) is 0 Å². The fourth-order valence-corrected chi connectivity index (χ4v) is 9.44. The van der Waals surface area contributed by atoms with Crippen molar-refractivity contribution >= 4 is 28.9 Å². The van der Waals surface area contributed by atoms with Crippen molar-refractivity contribution < 1.29 is 9.59 Å². The van der Waals surface area contributed by atoms with Gasteiger partial charge in [0.05, 0.1) is 0 Å². The number of nitrogens with zero attached hydrogens (tertiary/aromatic N) is 3. The average molecular weight is 722 g/mol. The van der Waals surface area contributed by atoms with Gasteiger partial charge in [-0.05, 0) is 103 Å². The van der Waals surface area contributed by atoms with Crippen LogP contribution in [0.25, 0.3) is 5.70 Å². The molecular formula is C47H55N5O2. The summed E-state index contributed by atoms with van der Waals surface area (Å²) in [5.74, 6) is 1.45. The maximum absolute atomic E-state index is 10.3. The Morgan fingerprint density at radius 1 is 0.685 bits per heavy atom. The third-order valence-electron chi connectivity index (χ3n) is 12.5. The largest absolute Gasteiger partial charge is 0.381 e. The quantitative estimate of drug-likeness (QED) is 0.198. The summed E-state index contributed by atoms with van der Waals surface area (Å²) >= 11 is 0. The Balaban J connectivity index is 0.000000461. The normalized spacial score (nSPS) is 21.8. The highest BCUT2D eigenvalue weighted by Gasteiger charge is 2.32. The van der Waals surface area contributed by atoms with Crippen LogP contribution in [0.4, 0.5) is 11.4 Å². The number of piperidine rings is 2. The molecule has 2 N–H and O–H groups in total. The van der Waals surface area contributed by atoms with E-state index in [4.69, 9.17) is 0 Å². The zero-order valence-corrected chi connectivity index (χ0v) is 31.9. The number of rotatable bonds is 6. The van der Waals surface area contributed by atoms with E-state index in [0.717, 1.165) is 57.4 Å². The number of fused-ring (bicyclic) bond motifs is 2. The van der Waals surface area contributed by atoms with Gasteiger partial charge in [-0.3, -0.25) is 19.8 Å². The van der Waals surface area contributed by atoms with Gasteiger partial charge in [-0.25, -0.2) is 0 Å². The van der Waals surface area contributed by atoms with Crippen molar-refractivity contribution in [3.63, 3.8) is 0 Å². The molecule has 9 rings (SSSR count). The molecule has 2 amide bonds. The molecule has 5 aliphatic rings. The standard InChI is InChI=1S/C42H48N4.C5H7NO2/c1-30-8-15-41-35(26-30)11-16-40(33-6-4-3-5-7-33)42(41)34-9-12-37(13-10-34)45-20-18-32(19-21-45)29-44-22-24-46(25-23-44)38-14-17-39-31(2)43-28-36(39)27-38;7-4-2-1-3-5(8)6-4/h3-10,12-15,17,26-27,32,40,42-43H,2,11,16,18-25,28-29H2,1H3;1-3H2,(H,6,7,8). The maximum atomic E-state index is 10.3. The number of aryl methyl sites for hydroxylation is 2. The van der Waals surface area contributed by atoms with Crippen molar-refractivity contribution in [3.8, 4) is 0 Å². The van der Waals surface area contributed by atoms with E-state index in [1.807, 2.05) is 0 Å². The molecule has 3 fully saturated rings. The zero-order chi connectivity index (χ0) is 37.0. The number of carbonyl (C=O) groups is 2. The van der Waals surface area contributed by atoms with Gasteiger partial charge in [0.2, 0.25) is 11.8 Å². The minimum atomic E-state index is -0.138. The van der Waals surface area contributed by atoms with E-state index in [-0.39, 0.29) is 11.8 Å². The van der Waals surface area contributed by atoms with Crippen LogP contribution in [-0.4, -0.2) is 62.5 Å². The van der Waals surface area contributed by atoms with Crippen LogP contribution >= 0.6 is 0 Å². The van der Waals surface area contributed by atoms with Gasteiger partial charge < -0.3 is 15.1 Å². The fourth-order valence-electron chi connectivity index (χ4n) is 9.44. The lowest BCUT2D eigenvalue weighted by Crippen LogP contribution is -2.49. The summed E-state index contributed by atoms with van der Waals surface area (Å²) < 4.78 is 0. The van der Waals surface area contributed by atoms with Crippen LogP contribution in [0.3, 0.4) is 0 Å². The molecule has 54 heavy (non-hydrogen) atoms. The van der Waals surface area contributed by atoms with Crippen molar-refractivity contribution in [3.05, 3.63) is 137 Å². The number of anilines is 2. The summed E-state index contributed by atoms with van der Waals surface area (Å²) in [6.07, 6.45) is 6.67. The second-order valence-corrected chi connectivity index (χ2v) is 16.0. The van der Waals surface area contributed by atoms with Crippen molar-refractivity contribution in [1.82, 2.24) is 15.5 Å². The molecule has 4 aromatic carbocycles. The summed E-state index contributed by atoms with van der Waals surface area (Å²) in [6, 6.07) is 34.9. The molecule has 3 saturated heterocycles. The average Bonchev–Trinajstić information content (AvgIpc) is 3.58. The molecule has 7 heteroatoms. The Hall–Kier alpha value is -4.88. The molecule has 2 atom stereocenters. The van der Waals surface area contributed by atoms with Gasteiger partial charge in [-0.1, -0.05) is 78.9 Å². The third-order valence-corrected chi connectivity index (χ3v) is 12.5. The van der Waals surface area contributed by atoms with E-state index < -0.39 is 0 Å². The molecule has 2 unspecified atom stereocenters. The van der Waals surface area contributed by atoms with Crippen LogP contribution < -0.4 is 20.4 Å². The first-order valence-electron chi connectivity index (χ1n) is 20.2. The number of piperazine rings is 1. The first-order valence-corrected chi connectivity index (χ1v) is 20.2. The lowest BCUT2D eigenvalue weighted by molar-refractivity contribution is -0.132. The van der Waals surface area contributed by atoms with Crippen molar-refractivity contribution in [1.29, 1.82) is 0 Å². The van der Waals surface area contributed by atoms with Crippen LogP contribution in [0.5, 0.6) is 0 Å². The van der Waals surface area contributed by atoms with Gasteiger partial charge in [0.25, 0.3) is 0 Å². The summed E-state index contributed by atoms with van der Waals surface area (Å²) in [6.45, 7) is 15.4. The number of imide groups is 1. The third kappa shape index (κ3) is 8.12. The first kappa shape index (κ1) is 36.1. The van der Waals surface area contributed by atoms with Crippen LogP contribution in [0, 0.1) is 12.8 Å². The van der Waals surface area contributed by atoms with E-state index >= 15 is 0 Å². The smallest absolute Gasteiger partial charge is 0.226 e. The van der Waals surface area contributed by atoms with E-state index in [9.17, 15) is 9.59 Å². The molecule has 1 aliphatic carbocycles. The Morgan fingerprint density at radius 3 is 2.09 bits per heavy atom. The summed E-state index contributed by atoms with van der Waals surface area (Å²) in [5, 5.41) is 5.59. The second kappa shape index (κ2) is 16.2. The molecule has 0 bridgehead atoms. The predicted octanol–water partition coefficient (Wildman–Crippen LogP) is 7.78. The molecule has 4 aromatic rings. The molecule has 4 heterocycles. The topological polar surface area (TPSA) is 67.9 Å². The molecule has 280 valence electrons. The number of carbonyl (C=O) groups excluding carboxylic acids is 2. The summed E-state index contributed by atoms with van der Waals surface area (Å²) in [7, 11) is 0.